The van der Waals surface area contributed by atoms with E-state index >= 15 is 0 Å². The lowest BCUT2D eigenvalue weighted by atomic mass is 10.00. The first-order chi connectivity index (χ1) is 23.0. The van der Waals surface area contributed by atoms with Crippen LogP contribution in [-0.4, -0.2) is 38.5 Å². The Balaban J connectivity index is 0. The van der Waals surface area contributed by atoms with Crippen molar-refractivity contribution >= 4 is 24.1 Å². The minimum atomic E-state index is 0.0181. The van der Waals surface area contributed by atoms with Crippen molar-refractivity contribution in [2.75, 3.05) is 20.1 Å². The van der Waals surface area contributed by atoms with Gasteiger partial charge in [0.15, 0.2) is 0 Å². The molecule has 2 rings (SSSR count). The van der Waals surface area contributed by atoms with Crippen molar-refractivity contribution in [3.05, 3.63) is 88.4 Å². The van der Waals surface area contributed by atoms with Crippen molar-refractivity contribution in [1.82, 2.24) is 16.0 Å². The van der Waals surface area contributed by atoms with Gasteiger partial charge in [0.1, 0.15) is 0 Å². The number of hydrogen-bond donors (Lipinski definition) is 3. The summed E-state index contributed by atoms with van der Waals surface area (Å²) in [4.78, 5) is 23.6. The van der Waals surface area contributed by atoms with Crippen molar-refractivity contribution in [3.8, 4) is 6.07 Å². The first-order valence-corrected chi connectivity index (χ1v) is 18.5. The normalized spacial score (nSPS) is 11.5. The fourth-order valence-corrected chi connectivity index (χ4v) is 5.10. The minimum Gasteiger partial charge on any atom is -0.359 e. The summed E-state index contributed by atoms with van der Waals surface area (Å²) in [6.45, 7) is 21.0. The summed E-state index contributed by atoms with van der Waals surface area (Å²) in [5, 5.41) is 17.1. The summed E-state index contributed by atoms with van der Waals surface area (Å²) < 4.78 is 0. The second-order valence-electron chi connectivity index (χ2n) is 12.5. The molecule has 0 fully saturated rings. The van der Waals surface area contributed by atoms with Gasteiger partial charge in [-0.3, -0.25) is 9.59 Å². The number of hydrogen-bond acceptors (Lipinski definition) is 5. The second-order valence-corrected chi connectivity index (χ2v) is 13.6. The van der Waals surface area contributed by atoms with E-state index < -0.39 is 0 Å². The highest BCUT2D eigenvalue weighted by atomic mass is 32.2. The van der Waals surface area contributed by atoms with E-state index in [2.05, 4.69) is 76.6 Å². The van der Waals surface area contributed by atoms with Gasteiger partial charge in [-0.25, -0.2) is 0 Å². The van der Waals surface area contributed by atoms with Crippen LogP contribution in [0.25, 0.3) is 0 Å². The molecule has 6 nitrogen and oxygen atoms in total. The highest BCUT2D eigenvalue weighted by molar-refractivity contribution is 8.04. The quantitative estimate of drug-likeness (QED) is 0.0509. The van der Waals surface area contributed by atoms with Crippen LogP contribution in [0.3, 0.4) is 0 Å². The molecule has 3 N–H and O–H groups in total. The van der Waals surface area contributed by atoms with Gasteiger partial charge in [-0.15, -0.1) is 0 Å². The van der Waals surface area contributed by atoms with E-state index in [-0.39, 0.29) is 11.9 Å². The maximum absolute atomic E-state index is 12.2. The number of amides is 2. The van der Waals surface area contributed by atoms with E-state index in [1.165, 1.54) is 43.9 Å². The average Bonchev–Trinajstić information content (AvgIpc) is 3.07. The number of nitrogens with one attached hydrogen (secondary N) is 3. The molecule has 1 unspecified atom stereocenters. The predicted molar refractivity (Wildman–Crippen MR) is 209 cm³/mol. The molecule has 0 aliphatic heterocycles. The van der Waals surface area contributed by atoms with Crippen LogP contribution in [0.4, 0.5) is 0 Å². The summed E-state index contributed by atoms with van der Waals surface area (Å²) in [7, 11) is 1.89. The Kier molecular flexibility index (Phi) is 31.4. The number of thioether (sulfide) groups is 1. The van der Waals surface area contributed by atoms with Crippen LogP contribution in [0.15, 0.2) is 82.1 Å². The molecule has 0 aliphatic carbocycles. The number of nitriles is 1. The topological polar surface area (TPSA) is 94.0 Å². The van der Waals surface area contributed by atoms with Gasteiger partial charge in [0.2, 0.25) is 6.41 Å². The summed E-state index contributed by atoms with van der Waals surface area (Å²) in [5.74, 6) is 1.46. The van der Waals surface area contributed by atoms with Crippen LogP contribution in [0, 0.1) is 30.1 Å². The van der Waals surface area contributed by atoms with Crippen molar-refractivity contribution in [2.24, 2.45) is 11.8 Å². The van der Waals surface area contributed by atoms with Gasteiger partial charge in [-0.2, -0.15) is 5.26 Å². The van der Waals surface area contributed by atoms with Gasteiger partial charge >= 0.3 is 0 Å². The molecular weight excluding hydrogens is 613 g/mol. The Hall–Kier alpha value is -3.34. The van der Waals surface area contributed by atoms with E-state index in [1.807, 2.05) is 81.6 Å². The molecule has 0 saturated carbocycles. The lowest BCUT2D eigenvalue weighted by Gasteiger charge is -2.17. The minimum absolute atomic E-state index is 0.0181. The van der Waals surface area contributed by atoms with E-state index in [9.17, 15) is 9.59 Å². The maximum Gasteiger partial charge on any atom is 0.257 e. The lowest BCUT2D eigenvalue weighted by molar-refractivity contribution is -0.117. The third-order valence-electron chi connectivity index (χ3n) is 6.97. The molecule has 0 aromatic heterocycles. The number of unbranched alkanes of at least 4 members (excludes halogenated alkanes) is 1. The zero-order valence-electron chi connectivity index (χ0n) is 31.7. The van der Waals surface area contributed by atoms with Gasteiger partial charge in [0.05, 0.1) is 16.5 Å². The van der Waals surface area contributed by atoms with E-state index in [0.717, 1.165) is 59.2 Å². The summed E-state index contributed by atoms with van der Waals surface area (Å²) >= 11 is 1.51. The molecule has 7 heteroatoms. The zero-order chi connectivity index (χ0) is 36.6. The second kappa shape index (κ2) is 32.2. The summed E-state index contributed by atoms with van der Waals surface area (Å²) in [6, 6.07) is 19.8. The average molecular weight is 679 g/mol. The molecule has 0 aliphatic rings. The van der Waals surface area contributed by atoms with Crippen LogP contribution in [0.5, 0.6) is 0 Å². The van der Waals surface area contributed by atoms with Gasteiger partial charge in [0, 0.05) is 17.5 Å². The van der Waals surface area contributed by atoms with Crippen LogP contribution in [-0.2, 0) is 9.59 Å². The fourth-order valence-electron chi connectivity index (χ4n) is 4.28. The first kappa shape index (κ1) is 46.8. The number of aryl methyl sites for hydroxylation is 1. The maximum atomic E-state index is 12.2. The van der Waals surface area contributed by atoms with Gasteiger partial charge < -0.3 is 16.0 Å². The fraction of sp³-hybridized carbons (Fsp3) is 0.537. The van der Waals surface area contributed by atoms with E-state index in [4.69, 9.17) is 5.26 Å². The molecule has 0 bridgehead atoms. The highest BCUT2D eigenvalue weighted by Gasteiger charge is 2.14. The first-order valence-electron chi connectivity index (χ1n) is 17.6. The highest BCUT2D eigenvalue weighted by Crippen LogP contribution is 2.26. The molecule has 2 aromatic carbocycles. The van der Waals surface area contributed by atoms with E-state index in [1.54, 1.807) is 5.57 Å². The third-order valence-corrected chi connectivity index (χ3v) is 8.12. The standard InChI is InChI=1S/C16H23NOS.C12H24.C8H7N.C5H12N2O/c1-5-15(19-14-9-7-6-8-10-14)16(18)17-13(4)11-12(2)3;1-5-7-8-12(6-2)10-9-11(3)4;1-7-4-2-3-5-8(7)6-9;1-6-3-2-4-7-5-8/h5-10,12-13H,11H2,1-4H3,(H,17,18);8,11H,5-7,9-10H2,1-4H3;2-5H,1H3;5-6H,2-4H2,1H3,(H,7,8)/b15-5+;;;. The molecule has 0 saturated heterocycles. The number of rotatable bonds is 17. The Morgan fingerprint density at radius 3 is 2.08 bits per heavy atom. The molecule has 0 radical (unpaired) electrons. The summed E-state index contributed by atoms with van der Waals surface area (Å²) in [6.07, 6.45) is 13.5. The van der Waals surface area contributed by atoms with Gasteiger partial charge in [0.25, 0.3) is 5.91 Å². The molecule has 0 heterocycles. The van der Waals surface area contributed by atoms with Crippen molar-refractivity contribution in [1.29, 1.82) is 5.26 Å². The van der Waals surface area contributed by atoms with Crippen LogP contribution in [0.1, 0.15) is 111 Å². The SMILES string of the molecule is C/C=C(/Sc1ccccc1)C(=O)NC(C)CC(C)C.CCCC=C(CC)CCC(C)C.CNCCCNC=O.Cc1ccccc1C#N. The molecule has 0 spiro atoms. The Bertz CT molecular complexity index is 1190. The molecule has 2 amide bonds. The number of benzene rings is 2. The van der Waals surface area contributed by atoms with Gasteiger partial charge in [-0.05, 0) is 108 Å². The lowest BCUT2D eigenvalue weighted by Crippen LogP contribution is -2.33. The third kappa shape index (κ3) is 27.7. The molecular formula is C41H66N4O2S. The van der Waals surface area contributed by atoms with E-state index in [0.29, 0.717) is 5.92 Å². The van der Waals surface area contributed by atoms with Crippen molar-refractivity contribution < 1.29 is 9.59 Å². The number of nitrogens with zero attached hydrogens (tertiary/aromatic N) is 1. The van der Waals surface area contributed by atoms with Crippen LogP contribution >= 0.6 is 11.8 Å². The zero-order valence-corrected chi connectivity index (χ0v) is 32.5. The number of carbonyl (C=O) groups is 2. The number of allylic oxidation sites excluding steroid dienone is 3. The van der Waals surface area contributed by atoms with Crippen molar-refractivity contribution in [2.45, 2.75) is 118 Å². The Morgan fingerprint density at radius 1 is 0.958 bits per heavy atom. The Morgan fingerprint density at radius 2 is 1.60 bits per heavy atom. The predicted octanol–water partition coefficient (Wildman–Crippen LogP) is 10.0. The van der Waals surface area contributed by atoms with Gasteiger partial charge in [-0.1, -0.05) is 114 Å². The molecule has 48 heavy (non-hydrogen) atoms. The van der Waals surface area contributed by atoms with Crippen molar-refractivity contribution in [3.63, 3.8) is 0 Å². The molecule has 1 atom stereocenters. The largest absolute Gasteiger partial charge is 0.359 e. The van der Waals surface area contributed by atoms with Crippen LogP contribution < -0.4 is 16.0 Å². The monoisotopic (exact) mass is 678 g/mol. The number of carbonyl (C=O) groups excluding carboxylic acids is 2. The molecule has 268 valence electrons. The Labute approximate surface area is 298 Å². The molecule has 2 aromatic rings. The smallest absolute Gasteiger partial charge is 0.257 e. The van der Waals surface area contributed by atoms with Crippen LogP contribution in [0.2, 0.25) is 0 Å². The summed E-state index contributed by atoms with van der Waals surface area (Å²) in [5.41, 5.74) is 3.46.